The van der Waals surface area contributed by atoms with Crippen molar-refractivity contribution in [3.8, 4) is 11.1 Å². The number of fused-ring (bicyclic) bond motifs is 1. The maximum absolute atomic E-state index is 4.51. The van der Waals surface area contributed by atoms with Crippen LogP contribution in [0.3, 0.4) is 0 Å². The molecule has 0 aliphatic carbocycles. The first kappa shape index (κ1) is 10.4. The molecule has 0 amide bonds. The zero-order valence-electron chi connectivity index (χ0n) is 9.17. The van der Waals surface area contributed by atoms with Gasteiger partial charge in [-0.05, 0) is 29.3 Å². The third-order valence-electron chi connectivity index (χ3n) is 2.79. The minimum absolute atomic E-state index is 0.918. The van der Waals surface area contributed by atoms with Crippen molar-refractivity contribution in [1.82, 2.24) is 4.98 Å². The second kappa shape index (κ2) is 4.22. The summed E-state index contributed by atoms with van der Waals surface area (Å²) in [6.07, 6.45) is 1.80. The molecule has 0 fully saturated rings. The predicted molar refractivity (Wildman–Crippen MR) is 74.4 cm³/mol. The molecule has 2 heteroatoms. The van der Waals surface area contributed by atoms with Gasteiger partial charge in [0.05, 0.1) is 5.52 Å². The number of rotatable bonds is 1. The molecule has 1 nitrogen and oxygen atoms in total. The smallest absolute Gasteiger partial charge is 0.0835 e. The van der Waals surface area contributed by atoms with Gasteiger partial charge in [-0.3, -0.25) is 4.98 Å². The molecule has 17 heavy (non-hydrogen) atoms. The van der Waals surface area contributed by atoms with E-state index in [0.717, 1.165) is 15.8 Å². The lowest BCUT2D eigenvalue weighted by atomic mass is 10.0. The fourth-order valence-electron chi connectivity index (χ4n) is 1.97. The Morgan fingerprint density at radius 1 is 0.824 bits per heavy atom. The maximum atomic E-state index is 4.51. The van der Waals surface area contributed by atoms with Crippen LogP contribution in [0.1, 0.15) is 0 Å². The summed E-state index contributed by atoms with van der Waals surface area (Å²) in [7, 11) is 0. The third kappa shape index (κ3) is 1.92. The number of benzene rings is 2. The van der Waals surface area contributed by atoms with Crippen LogP contribution in [0.15, 0.2) is 65.7 Å². The van der Waals surface area contributed by atoms with E-state index in [4.69, 9.17) is 0 Å². The standard InChI is InChI=1S/C15H11NS/c17-14-10-13(11-5-2-1-3-6-11)9-12-7-4-8-16-15(12)14/h1-10,17H. The molecule has 3 aromatic rings. The molecule has 0 unspecified atom stereocenters. The van der Waals surface area contributed by atoms with Crippen molar-refractivity contribution in [2.45, 2.75) is 4.90 Å². The van der Waals surface area contributed by atoms with E-state index in [2.05, 4.69) is 47.9 Å². The van der Waals surface area contributed by atoms with Crippen LogP contribution in [0.4, 0.5) is 0 Å². The molecule has 0 atom stereocenters. The topological polar surface area (TPSA) is 12.9 Å². The molecule has 1 aromatic heterocycles. The van der Waals surface area contributed by atoms with Gasteiger partial charge in [0.1, 0.15) is 0 Å². The Kier molecular flexibility index (Phi) is 2.57. The molecule has 0 bridgehead atoms. The normalized spacial score (nSPS) is 10.6. The molecule has 0 N–H and O–H groups in total. The van der Waals surface area contributed by atoms with Gasteiger partial charge < -0.3 is 0 Å². The van der Waals surface area contributed by atoms with Crippen molar-refractivity contribution >= 4 is 23.5 Å². The van der Waals surface area contributed by atoms with Crippen molar-refractivity contribution in [1.29, 1.82) is 0 Å². The molecular formula is C15H11NS. The molecule has 82 valence electrons. The fourth-order valence-corrected chi connectivity index (χ4v) is 2.30. The number of aromatic nitrogens is 1. The first-order chi connectivity index (χ1) is 8.34. The van der Waals surface area contributed by atoms with Gasteiger partial charge in [-0.15, -0.1) is 12.6 Å². The van der Waals surface area contributed by atoms with Gasteiger partial charge in [-0.2, -0.15) is 0 Å². The number of hydrogen-bond donors (Lipinski definition) is 1. The molecule has 0 aliphatic heterocycles. The van der Waals surface area contributed by atoms with Crippen molar-refractivity contribution < 1.29 is 0 Å². The Labute approximate surface area is 106 Å². The van der Waals surface area contributed by atoms with Crippen molar-refractivity contribution in [3.05, 3.63) is 60.8 Å². The maximum Gasteiger partial charge on any atom is 0.0835 e. The lowest BCUT2D eigenvalue weighted by Crippen LogP contribution is -1.83. The number of pyridine rings is 1. The predicted octanol–water partition coefficient (Wildman–Crippen LogP) is 4.19. The van der Waals surface area contributed by atoms with Crippen LogP contribution in [-0.2, 0) is 0 Å². The Balaban J connectivity index is 2.26. The van der Waals surface area contributed by atoms with Gasteiger partial charge in [0.2, 0.25) is 0 Å². The second-order valence-electron chi connectivity index (χ2n) is 3.94. The van der Waals surface area contributed by atoms with Crippen LogP contribution in [0.2, 0.25) is 0 Å². The quantitative estimate of drug-likeness (QED) is 0.626. The highest BCUT2D eigenvalue weighted by atomic mass is 32.1. The molecule has 3 rings (SSSR count). The lowest BCUT2D eigenvalue weighted by Gasteiger charge is -2.06. The Morgan fingerprint density at radius 3 is 2.47 bits per heavy atom. The molecule has 0 saturated carbocycles. The zero-order chi connectivity index (χ0) is 11.7. The average Bonchev–Trinajstić information content (AvgIpc) is 2.40. The summed E-state index contributed by atoms with van der Waals surface area (Å²) in [4.78, 5) is 5.26. The van der Waals surface area contributed by atoms with E-state index in [0.29, 0.717) is 0 Å². The summed E-state index contributed by atoms with van der Waals surface area (Å²) in [6, 6.07) is 18.5. The highest BCUT2D eigenvalue weighted by Crippen LogP contribution is 2.28. The van der Waals surface area contributed by atoms with Gasteiger partial charge in [0.15, 0.2) is 0 Å². The molecule has 0 radical (unpaired) electrons. The molecule has 0 spiro atoms. The van der Waals surface area contributed by atoms with E-state index >= 15 is 0 Å². The second-order valence-corrected chi connectivity index (χ2v) is 4.42. The van der Waals surface area contributed by atoms with Crippen LogP contribution in [0.25, 0.3) is 22.0 Å². The van der Waals surface area contributed by atoms with E-state index in [1.54, 1.807) is 6.20 Å². The zero-order valence-corrected chi connectivity index (χ0v) is 10.1. The van der Waals surface area contributed by atoms with Gasteiger partial charge in [-0.25, -0.2) is 0 Å². The van der Waals surface area contributed by atoms with Crippen LogP contribution in [0.5, 0.6) is 0 Å². The third-order valence-corrected chi connectivity index (χ3v) is 3.13. The van der Waals surface area contributed by atoms with E-state index in [1.165, 1.54) is 11.1 Å². The van der Waals surface area contributed by atoms with Crippen LogP contribution >= 0.6 is 12.6 Å². The summed E-state index contributed by atoms with van der Waals surface area (Å²) < 4.78 is 0. The number of hydrogen-bond acceptors (Lipinski definition) is 2. The minimum atomic E-state index is 0.918. The Hall–Kier alpha value is -1.80. The first-order valence-corrected chi connectivity index (χ1v) is 5.92. The lowest BCUT2D eigenvalue weighted by molar-refractivity contribution is 1.35. The van der Waals surface area contributed by atoms with E-state index < -0.39 is 0 Å². The van der Waals surface area contributed by atoms with Gasteiger partial charge in [0, 0.05) is 16.5 Å². The highest BCUT2D eigenvalue weighted by Gasteiger charge is 2.03. The van der Waals surface area contributed by atoms with Crippen LogP contribution in [0, 0.1) is 0 Å². The number of nitrogens with zero attached hydrogens (tertiary/aromatic N) is 1. The molecular weight excluding hydrogens is 226 g/mol. The molecule has 0 aliphatic rings. The molecule has 0 saturated heterocycles. The highest BCUT2D eigenvalue weighted by molar-refractivity contribution is 7.80. The van der Waals surface area contributed by atoms with Crippen LogP contribution in [-0.4, -0.2) is 4.98 Å². The van der Waals surface area contributed by atoms with E-state index in [-0.39, 0.29) is 0 Å². The Morgan fingerprint density at radius 2 is 1.65 bits per heavy atom. The van der Waals surface area contributed by atoms with Crippen molar-refractivity contribution in [2.24, 2.45) is 0 Å². The van der Waals surface area contributed by atoms with E-state index in [1.807, 2.05) is 24.3 Å². The average molecular weight is 237 g/mol. The summed E-state index contributed by atoms with van der Waals surface area (Å²) in [6.45, 7) is 0. The van der Waals surface area contributed by atoms with Crippen LogP contribution < -0.4 is 0 Å². The largest absolute Gasteiger partial charge is 0.255 e. The van der Waals surface area contributed by atoms with Gasteiger partial charge >= 0.3 is 0 Å². The summed E-state index contributed by atoms with van der Waals surface area (Å²) in [5.74, 6) is 0. The SMILES string of the molecule is Sc1cc(-c2ccccc2)cc2cccnc12. The van der Waals surface area contributed by atoms with Gasteiger partial charge in [0.25, 0.3) is 0 Å². The Bertz CT molecular complexity index is 662. The fraction of sp³-hybridized carbons (Fsp3) is 0. The van der Waals surface area contributed by atoms with Crippen molar-refractivity contribution in [2.75, 3.05) is 0 Å². The molecule has 2 aromatic carbocycles. The summed E-state index contributed by atoms with van der Waals surface area (Å²) in [5.41, 5.74) is 3.33. The van der Waals surface area contributed by atoms with Crippen molar-refractivity contribution in [3.63, 3.8) is 0 Å². The minimum Gasteiger partial charge on any atom is -0.255 e. The summed E-state index contributed by atoms with van der Waals surface area (Å²) in [5, 5.41) is 1.12. The first-order valence-electron chi connectivity index (χ1n) is 5.48. The number of thiol groups is 1. The van der Waals surface area contributed by atoms with Gasteiger partial charge in [-0.1, -0.05) is 36.4 Å². The summed E-state index contributed by atoms with van der Waals surface area (Å²) >= 11 is 4.51. The van der Waals surface area contributed by atoms with E-state index in [9.17, 15) is 0 Å². The monoisotopic (exact) mass is 237 g/mol. The molecule has 1 heterocycles.